The Bertz CT molecular complexity index is 895. The highest BCUT2D eigenvalue weighted by atomic mass is 16.6. The van der Waals surface area contributed by atoms with Gasteiger partial charge >= 0.3 is 5.97 Å². The number of aryl methyl sites for hydroxylation is 1. The Labute approximate surface area is 182 Å². The van der Waals surface area contributed by atoms with Gasteiger partial charge in [-0.1, -0.05) is 23.8 Å². The standard InChI is InChI=1S/C24H29NO6/c1-4-28-22(24(27)29-5-2)15-18-7-9-19(10-8-18)30-13-12-25-16-31-21-11-6-17(3)14-20(21)23(25)26/h6-11,14,22H,4-5,12-13,15-16H2,1-3H3. The van der Waals surface area contributed by atoms with Gasteiger partial charge in [-0.05, 0) is 50.6 Å². The zero-order chi connectivity index (χ0) is 22.2. The second kappa shape index (κ2) is 10.8. The summed E-state index contributed by atoms with van der Waals surface area (Å²) in [6.45, 7) is 7.31. The lowest BCUT2D eigenvalue weighted by molar-refractivity contribution is -0.156. The Hall–Kier alpha value is -3.06. The van der Waals surface area contributed by atoms with Crippen molar-refractivity contribution in [3.05, 3.63) is 59.2 Å². The second-order valence-electron chi connectivity index (χ2n) is 7.23. The van der Waals surface area contributed by atoms with Crippen molar-refractivity contribution < 1.29 is 28.5 Å². The summed E-state index contributed by atoms with van der Waals surface area (Å²) in [7, 11) is 0. The third-order valence-electron chi connectivity index (χ3n) is 4.92. The van der Waals surface area contributed by atoms with Gasteiger partial charge in [-0.25, -0.2) is 4.79 Å². The van der Waals surface area contributed by atoms with Crippen LogP contribution in [0.15, 0.2) is 42.5 Å². The van der Waals surface area contributed by atoms with Crippen LogP contribution in [0.2, 0.25) is 0 Å². The molecule has 0 saturated carbocycles. The van der Waals surface area contributed by atoms with E-state index in [1.165, 1.54) is 0 Å². The normalized spacial score (nSPS) is 13.9. The van der Waals surface area contributed by atoms with Crippen molar-refractivity contribution in [1.82, 2.24) is 4.90 Å². The molecule has 2 aromatic rings. The maximum Gasteiger partial charge on any atom is 0.335 e. The van der Waals surface area contributed by atoms with Crippen LogP contribution >= 0.6 is 0 Å². The van der Waals surface area contributed by atoms with Gasteiger partial charge in [0.15, 0.2) is 12.8 Å². The molecule has 0 radical (unpaired) electrons. The molecule has 7 heteroatoms. The molecule has 0 spiro atoms. The molecule has 0 aliphatic carbocycles. The number of rotatable bonds is 10. The van der Waals surface area contributed by atoms with E-state index in [0.717, 1.165) is 11.1 Å². The van der Waals surface area contributed by atoms with Crippen molar-refractivity contribution in [2.45, 2.75) is 33.3 Å². The summed E-state index contributed by atoms with van der Waals surface area (Å²) in [6.07, 6.45) is -0.181. The first-order valence-electron chi connectivity index (χ1n) is 10.5. The van der Waals surface area contributed by atoms with Gasteiger partial charge in [0.05, 0.1) is 18.7 Å². The zero-order valence-electron chi connectivity index (χ0n) is 18.3. The molecular formula is C24H29NO6. The van der Waals surface area contributed by atoms with Crippen LogP contribution in [0.3, 0.4) is 0 Å². The van der Waals surface area contributed by atoms with Crippen LogP contribution in [0, 0.1) is 6.92 Å². The highest BCUT2D eigenvalue weighted by molar-refractivity contribution is 5.97. The SMILES string of the molecule is CCOC(=O)C(Cc1ccc(OCCN2COc3ccc(C)cc3C2=O)cc1)OCC. The Morgan fingerprint density at radius 3 is 2.61 bits per heavy atom. The van der Waals surface area contributed by atoms with E-state index in [1.54, 1.807) is 11.8 Å². The lowest BCUT2D eigenvalue weighted by Gasteiger charge is -2.28. The monoisotopic (exact) mass is 427 g/mol. The molecule has 1 aliphatic rings. The van der Waals surface area contributed by atoms with Crippen LogP contribution in [-0.4, -0.2) is 56.0 Å². The first kappa shape index (κ1) is 22.6. The number of hydrogen-bond donors (Lipinski definition) is 0. The van der Waals surface area contributed by atoms with E-state index in [0.29, 0.717) is 49.8 Å². The minimum atomic E-state index is -0.617. The van der Waals surface area contributed by atoms with Crippen LogP contribution in [0.25, 0.3) is 0 Å². The minimum Gasteiger partial charge on any atom is -0.492 e. The van der Waals surface area contributed by atoms with E-state index in [-0.39, 0.29) is 18.6 Å². The first-order chi connectivity index (χ1) is 15.0. The van der Waals surface area contributed by atoms with E-state index >= 15 is 0 Å². The largest absolute Gasteiger partial charge is 0.492 e. The fourth-order valence-corrected chi connectivity index (χ4v) is 3.34. The van der Waals surface area contributed by atoms with Crippen molar-refractivity contribution in [3.63, 3.8) is 0 Å². The highest BCUT2D eigenvalue weighted by Crippen LogP contribution is 2.25. The summed E-state index contributed by atoms with van der Waals surface area (Å²) in [5.74, 6) is 0.908. The molecule has 0 fully saturated rings. The number of ether oxygens (including phenoxy) is 4. The maximum absolute atomic E-state index is 12.7. The number of fused-ring (bicyclic) bond motifs is 1. The van der Waals surface area contributed by atoms with E-state index < -0.39 is 6.10 Å². The molecule has 1 atom stereocenters. The number of carbonyl (C=O) groups excluding carboxylic acids is 2. The molecule has 0 saturated heterocycles. The summed E-state index contributed by atoms with van der Waals surface area (Å²) in [5, 5.41) is 0. The van der Waals surface area contributed by atoms with Crippen molar-refractivity contribution in [1.29, 1.82) is 0 Å². The van der Waals surface area contributed by atoms with Crippen molar-refractivity contribution in [3.8, 4) is 11.5 Å². The topological polar surface area (TPSA) is 74.3 Å². The second-order valence-corrected chi connectivity index (χ2v) is 7.23. The molecule has 1 amide bonds. The van der Waals surface area contributed by atoms with Crippen LogP contribution < -0.4 is 9.47 Å². The zero-order valence-corrected chi connectivity index (χ0v) is 18.3. The number of nitrogens with zero attached hydrogens (tertiary/aromatic N) is 1. The first-order valence-corrected chi connectivity index (χ1v) is 10.5. The molecule has 0 bridgehead atoms. The Kier molecular flexibility index (Phi) is 7.89. The number of benzene rings is 2. The molecule has 166 valence electrons. The Morgan fingerprint density at radius 1 is 1.13 bits per heavy atom. The van der Waals surface area contributed by atoms with Gasteiger partial charge in [0, 0.05) is 13.0 Å². The molecule has 2 aromatic carbocycles. The number of hydrogen-bond acceptors (Lipinski definition) is 6. The van der Waals surface area contributed by atoms with E-state index in [4.69, 9.17) is 18.9 Å². The van der Waals surface area contributed by atoms with Crippen molar-refractivity contribution >= 4 is 11.9 Å². The molecular weight excluding hydrogens is 398 g/mol. The molecule has 0 N–H and O–H groups in total. The number of amides is 1. The number of carbonyl (C=O) groups is 2. The van der Waals surface area contributed by atoms with Crippen LogP contribution in [0.5, 0.6) is 11.5 Å². The molecule has 1 aliphatic heterocycles. The lowest BCUT2D eigenvalue weighted by Crippen LogP contribution is -2.41. The average Bonchev–Trinajstić information content (AvgIpc) is 2.76. The maximum atomic E-state index is 12.7. The Morgan fingerprint density at radius 2 is 1.90 bits per heavy atom. The van der Waals surface area contributed by atoms with E-state index in [9.17, 15) is 9.59 Å². The lowest BCUT2D eigenvalue weighted by atomic mass is 10.1. The van der Waals surface area contributed by atoms with Crippen molar-refractivity contribution in [2.24, 2.45) is 0 Å². The highest BCUT2D eigenvalue weighted by Gasteiger charge is 2.25. The van der Waals surface area contributed by atoms with E-state index in [1.807, 2.05) is 56.3 Å². The number of esters is 1. The van der Waals surface area contributed by atoms with Gasteiger partial charge in [0.2, 0.25) is 0 Å². The average molecular weight is 427 g/mol. The van der Waals surface area contributed by atoms with Crippen LogP contribution in [0.1, 0.15) is 35.3 Å². The predicted octanol–water partition coefficient (Wildman–Crippen LogP) is 3.38. The molecule has 0 aromatic heterocycles. The smallest absolute Gasteiger partial charge is 0.335 e. The van der Waals surface area contributed by atoms with Gasteiger partial charge in [-0.15, -0.1) is 0 Å². The van der Waals surface area contributed by atoms with Gasteiger partial charge in [-0.3, -0.25) is 4.79 Å². The van der Waals surface area contributed by atoms with Gasteiger partial charge in [-0.2, -0.15) is 0 Å². The molecule has 1 heterocycles. The third kappa shape index (κ3) is 5.98. The summed E-state index contributed by atoms with van der Waals surface area (Å²) < 4.78 is 22.0. The molecule has 1 unspecified atom stereocenters. The van der Waals surface area contributed by atoms with Crippen molar-refractivity contribution in [2.75, 3.05) is 33.1 Å². The summed E-state index contributed by atoms with van der Waals surface area (Å²) in [5.41, 5.74) is 2.55. The predicted molar refractivity (Wildman–Crippen MR) is 115 cm³/mol. The summed E-state index contributed by atoms with van der Waals surface area (Å²) >= 11 is 0. The molecule has 31 heavy (non-hydrogen) atoms. The van der Waals surface area contributed by atoms with Crippen LogP contribution in [0.4, 0.5) is 0 Å². The molecule has 3 rings (SSSR count). The quantitative estimate of drug-likeness (QED) is 0.541. The fraction of sp³-hybridized carbons (Fsp3) is 0.417. The van der Waals surface area contributed by atoms with Crippen LogP contribution in [-0.2, 0) is 20.7 Å². The summed E-state index contributed by atoms with van der Waals surface area (Å²) in [6, 6.07) is 13.1. The molecule has 7 nitrogen and oxygen atoms in total. The van der Waals surface area contributed by atoms with Gasteiger partial charge in [0.1, 0.15) is 18.1 Å². The Balaban J connectivity index is 1.50. The van der Waals surface area contributed by atoms with Gasteiger partial charge < -0.3 is 23.8 Å². The van der Waals surface area contributed by atoms with Gasteiger partial charge in [0.25, 0.3) is 5.91 Å². The third-order valence-corrected chi connectivity index (χ3v) is 4.92. The minimum absolute atomic E-state index is 0.0511. The summed E-state index contributed by atoms with van der Waals surface area (Å²) in [4.78, 5) is 26.3. The van der Waals surface area contributed by atoms with E-state index in [2.05, 4.69) is 0 Å². The fourth-order valence-electron chi connectivity index (χ4n) is 3.34.